The number of aliphatic hydroxyl groups excluding tert-OH is 1. The molecule has 0 fully saturated rings. The van der Waals surface area contributed by atoms with Gasteiger partial charge in [0.05, 0.1) is 9.90 Å². The number of halogens is 1. The summed E-state index contributed by atoms with van der Waals surface area (Å²) in [7, 11) is 0. The zero-order valence-electron chi connectivity index (χ0n) is 11.1. The number of rotatable bonds is 4. The van der Waals surface area contributed by atoms with Crippen molar-refractivity contribution in [2.75, 3.05) is 13.2 Å². The number of carbonyl (C=O) groups excluding carboxylic acids is 1. The molecule has 2 N–H and O–H groups in total. The lowest BCUT2D eigenvalue weighted by Gasteiger charge is -2.05. The number of nitrogens with one attached hydrogen (secondary N) is 1. The Hall–Kier alpha value is -1.87. The van der Waals surface area contributed by atoms with Crippen molar-refractivity contribution in [3.63, 3.8) is 0 Å². The van der Waals surface area contributed by atoms with Gasteiger partial charge in [-0.05, 0) is 30.7 Å². The highest BCUT2D eigenvalue weighted by Gasteiger charge is 2.11. The first-order valence-electron chi connectivity index (χ1n) is 6.28. The first kappa shape index (κ1) is 15.5. The quantitative estimate of drug-likeness (QED) is 0.848. The molecule has 2 aromatic heterocycles. The van der Waals surface area contributed by atoms with Gasteiger partial charge in [-0.15, -0.1) is 11.3 Å². The fourth-order valence-corrected chi connectivity index (χ4v) is 2.78. The van der Waals surface area contributed by atoms with E-state index in [9.17, 15) is 4.79 Å². The third-order valence-electron chi connectivity index (χ3n) is 2.61. The van der Waals surface area contributed by atoms with Crippen LogP contribution in [0.5, 0.6) is 0 Å². The standard InChI is InChI=1S/C15H13ClN2O2S/c16-13-6-5-12(21-13)7-9-18-15(20)14-11(4-2-10-19)3-1-8-17-14/h1,3,5-6,8,19H,7,9-10H2,(H,18,20). The maximum absolute atomic E-state index is 12.1. The van der Waals surface area contributed by atoms with Gasteiger partial charge >= 0.3 is 0 Å². The van der Waals surface area contributed by atoms with Crippen molar-refractivity contribution in [3.8, 4) is 11.8 Å². The van der Waals surface area contributed by atoms with E-state index in [-0.39, 0.29) is 18.2 Å². The molecular formula is C15H13ClN2O2S. The zero-order valence-corrected chi connectivity index (χ0v) is 12.7. The molecule has 0 spiro atoms. The predicted octanol–water partition coefficient (Wildman–Crippen LogP) is 2.11. The van der Waals surface area contributed by atoms with Crippen LogP contribution in [-0.2, 0) is 6.42 Å². The Morgan fingerprint density at radius 3 is 3.00 bits per heavy atom. The second-order valence-electron chi connectivity index (χ2n) is 4.07. The molecule has 0 aliphatic heterocycles. The monoisotopic (exact) mass is 320 g/mol. The maximum Gasteiger partial charge on any atom is 0.271 e. The number of carbonyl (C=O) groups is 1. The molecular weight excluding hydrogens is 308 g/mol. The van der Waals surface area contributed by atoms with E-state index in [4.69, 9.17) is 16.7 Å². The number of hydrogen-bond donors (Lipinski definition) is 2. The number of hydrogen-bond acceptors (Lipinski definition) is 4. The Balaban J connectivity index is 1.97. The first-order valence-corrected chi connectivity index (χ1v) is 7.47. The SMILES string of the molecule is O=C(NCCc1ccc(Cl)s1)c1ncccc1C#CCO. The molecule has 0 aromatic carbocycles. The van der Waals surface area contributed by atoms with Crippen molar-refractivity contribution in [1.29, 1.82) is 0 Å². The van der Waals surface area contributed by atoms with Gasteiger partial charge in [0.25, 0.3) is 5.91 Å². The lowest BCUT2D eigenvalue weighted by Crippen LogP contribution is -2.27. The first-order chi connectivity index (χ1) is 10.2. The van der Waals surface area contributed by atoms with Crippen molar-refractivity contribution in [3.05, 3.63) is 50.9 Å². The van der Waals surface area contributed by atoms with Gasteiger partial charge in [-0.3, -0.25) is 4.79 Å². The van der Waals surface area contributed by atoms with E-state index in [1.54, 1.807) is 12.1 Å². The summed E-state index contributed by atoms with van der Waals surface area (Å²) >= 11 is 7.35. The molecule has 0 bridgehead atoms. The van der Waals surface area contributed by atoms with Gasteiger partial charge in [-0.25, -0.2) is 4.98 Å². The van der Waals surface area contributed by atoms with Crippen molar-refractivity contribution in [1.82, 2.24) is 10.3 Å². The van der Waals surface area contributed by atoms with E-state index in [1.165, 1.54) is 17.5 Å². The van der Waals surface area contributed by atoms with Crippen LogP contribution >= 0.6 is 22.9 Å². The van der Waals surface area contributed by atoms with Crippen LogP contribution in [0.4, 0.5) is 0 Å². The van der Waals surface area contributed by atoms with Gasteiger partial charge in [-0.1, -0.05) is 23.4 Å². The van der Waals surface area contributed by atoms with Crippen molar-refractivity contribution in [2.45, 2.75) is 6.42 Å². The fourth-order valence-electron chi connectivity index (χ4n) is 1.69. The van der Waals surface area contributed by atoms with Gasteiger partial charge < -0.3 is 10.4 Å². The number of thiophene rings is 1. The molecule has 21 heavy (non-hydrogen) atoms. The van der Waals surface area contributed by atoms with E-state index in [1.807, 2.05) is 12.1 Å². The Morgan fingerprint density at radius 1 is 1.43 bits per heavy atom. The van der Waals surface area contributed by atoms with Crippen molar-refractivity contribution >= 4 is 28.8 Å². The molecule has 0 aliphatic carbocycles. The van der Waals surface area contributed by atoms with Crippen LogP contribution in [0, 0.1) is 11.8 Å². The molecule has 108 valence electrons. The van der Waals surface area contributed by atoms with Crippen LogP contribution in [0.15, 0.2) is 30.5 Å². The largest absolute Gasteiger partial charge is 0.384 e. The molecule has 0 atom stereocenters. The maximum atomic E-state index is 12.1. The molecule has 0 saturated heterocycles. The lowest BCUT2D eigenvalue weighted by atomic mass is 10.2. The van der Waals surface area contributed by atoms with E-state index in [0.29, 0.717) is 18.5 Å². The van der Waals surface area contributed by atoms with Gasteiger partial charge in [0.2, 0.25) is 0 Å². The van der Waals surface area contributed by atoms with Crippen LogP contribution in [0.3, 0.4) is 0 Å². The molecule has 6 heteroatoms. The molecule has 0 radical (unpaired) electrons. The Kier molecular flexibility index (Phi) is 5.76. The second-order valence-corrected chi connectivity index (χ2v) is 5.87. The highest BCUT2D eigenvalue weighted by molar-refractivity contribution is 7.16. The summed E-state index contributed by atoms with van der Waals surface area (Å²) in [6.07, 6.45) is 2.26. The molecule has 0 aliphatic rings. The molecule has 2 rings (SSSR count). The summed E-state index contributed by atoms with van der Waals surface area (Å²) < 4.78 is 0.739. The smallest absolute Gasteiger partial charge is 0.271 e. The minimum Gasteiger partial charge on any atom is -0.384 e. The van der Waals surface area contributed by atoms with Crippen LogP contribution in [0.25, 0.3) is 0 Å². The minimum absolute atomic E-state index is 0.255. The van der Waals surface area contributed by atoms with E-state index in [0.717, 1.165) is 9.21 Å². The summed E-state index contributed by atoms with van der Waals surface area (Å²) in [6.45, 7) is 0.244. The zero-order chi connectivity index (χ0) is 15.1. The van der Waals surface area contributed by atoms with E-state index in [2.05, 4.69) is 22.1 Å². The lowest BCUT2D eigenvalue weighted by molar-refractivity contribution is 0.0949. The van der Waals surface area contributed by atoms with Gasteiger partial charge in [-0.2, -0.15) is 0 Å². The predicted molar refractivity (Wildman–Crippen MR) is 83.6 cm³/mol. The highest BCUT2D eigenvalue weighted by Crippen LogP contribution is 2.21. The van der Waals surface area contributed by atoms with E-state index < -0.39 is 0 Å². The Labute approximate surface area is 131 Å². The van der Waals surface area contributed by atoms with Gasteiger partial charge in [0, 0.05) is 17.6 Å². The van der Waals surface area contributed by atoms with Gasteiger partial charge in [0.1, 0.15) is 12.3 Å². The van der Waals surface area contributed by atoms with Gasteiger partial charge in [0.15, 0.2) is 0 Å². The molecule has 0 saturated carbocycles. The molecule has 4 nitrogen and oxygen atoms in total. The number of amides is 1. The number of aromatic nitrogens is 1. The Morgan fingerprint density at radius 2 is 2.29 bits per heavy atom. The van der Waals surface area contributed by atoms with Crippen LogP contribution in [0.1, 0.15) is 20.9 Å². The topological polar surface area (TPSA) is 62.2 Å². The number of aliphatic hydroxyl groups is 1. The Bertz CT molecular complexity index is 688. The number of nitrogens with zero attached hydrogens (tertiary/aromatic N) is 1. The average molecular weight is 321 g/mol. The summed E-state index contributed by atoms with van der Waals surface area (Å²) in [5.74, 6) is 4.96. The average Bonchev–Trinajstić information content (AvgIpc) is 2.91. The van der Waals surface area contributed by atoms with Crippen LogP contribution < -0.4 is 5.32 Å². The molecule has 2 aromatic rings. The third kappa shape index (κ3) is 4.57. The van der Waals surface area contributed by atoms with Crippen LogP contribution in [0.2, 0.25) is 4.34 Å². The van der Waals surface area contributed by atoms with Crippen molar-refractivity contribution < 1.29 is 9.90 Å². The highest BCUT2D eigenvalue weighted by atomic mass is 35.5. The second kappa shape index (κ2) is 7.79. The van der Waals surface area contributed by atoms with E-state index >= 15 is 0 Å². The summed E-state index contributed by atoms with van der Waals surface area (Å²) in [5, 5.41) is 11.5. The molecule has 0 unspecified atom stereocenters. The summed E-state index contributed by atoms with van der Waals surface area (Å²) in [4.78, 5) is 17.3. The third-order valence-corrected chi connectivity index (χ3v) is 3.90. The van der Waals surface area contributed by atoms with Crippen LogP contribution in [-0.4, -0.2) is 29.1 Å². The summed E-state index contributed by atoms with van der Waals surface area (Å²) in [5.41, 5.74) is 0.769. The molecule has 1 amide bonds. The molecule has 2 heterocycles. The minimum atomic E-state index is -0.277. The van der Waals surface area contributed by atoms with Crippen molar-refractivity contribution in [2.24, 2.45) is 0 Å². The summed E-state index contributed by atoms with van der Waals surface area (Å²) in [6, 6.07) is 7.18. The normalized spacial score (nSPS) is 9.81. The number of pyridine rings is 1. The fraction of sp³-hybridized carbons (Fsp3) is 0.200.